The number of anilines is 1. The SMILES string of the molecule is Cc1cccc(C)c1N1C/C=C\CCC(=O)NC[C@@H](c2ccccc2)OC(=O)[C@@H]2[C@@H]3C=C[C@]4(O3)[C@H](C1=O)N(CCCCO)C(=O)[C@@H]24. The number of carbonyl (C=O) groups is 4. The first-order valence-corrected chi connectivity index (χ1v) is 16.1. The molecule has 4 aliphatic heterocycles. The fraction of sp³-hybridized carbons (Fsp3) is 0.444. The molecular formula is C36H41N3O7. The minimum absolute atomic E-state index is 0.0423. The van der Waals surface area contributed by atoms with E-state index in [9.17, 15) is 24.3 Å². The Balaban J connectivity index is 1.44. The van der Waals surface area contributed by atoms with E-state index in [-0.39, 0.29) is 50.4 Å². The number of carbonyl (C=O) groups excluding carboxylic acids is 4. The number of ether oxygens (including phenoxy) is 2. The number of allylic oxidation sites excluding steroid dienone is 1. The molecular weight excluding hydrogens is 586 g/mol. The van der Waals surface area contributed by atoms with Gasteiger partial charge in [-0.2, -0.15) is 0 Å². The maximum atomic E-state index is 14.9. The van der Waals surface area contributed by atoms with E-state index >= 15 is 0 Å². The Bertz CT molecular complexity index is 1540. The number of aliphatic hydroxyl groups excluding tert-OH is 1. The lowest BCUT2D eigenvalue weighted by Crippen LogP contribution is -2.56. The van der Waals surface area contributed by atoms with Gasteiger partial charge in [0.25, 0.3) is 5.91 Å². The number of nitrogens with zero attached hydrogens (tertiary/aromatic N) is 2. The van der Waals surface area contributed by atoms with E-state index in [0.29, 0.717) is 24.8 Å². The van der Waals surface area contributed by atoms with Crippen LogP contribution in [0.25, 0.3) is 0 Å². The van der Waals surface area contributed by atoms with E-state index in [1.807, 2.05) is 74.5 Å². The lowest BCUT2D eigenvalue weighted by atomic mass is 9.74. The van der Waals surface area contributed by atoms with Crippen LogP contribution >= 0.6 is 0 Å². The lowest BCUT2D eigenvalue weighted by Gasteiger charge is -2.36. The topological polar surface area (TPSA) is 125 Å². The molecule has 10 heteroatoms. The molecule has 0 aromatic heterocycles. The number of aliphatic hydroxyl groups is 1. The molecule has 4 heterocycles. The van der Waals surface area contributed by atoms with Gasteiger partial charge in [-0.3, -0.25) is 19.2 Å². The highest BCUT2D eigenvalue weighted by atomic mass is 16.6. The van der Waals surface area contributed by atoms with E-state index in [4.69, 9.17) is 9.47 Å². The van der Waals surface area contributed by atoms with Crippen molar-refractivity contribution in [3.05, 3.63) is 89.5 Å². The first kappa shape index (κ1) is 31.7. The molecule has 0 unspecified atom stereocenters. The number of rotatable bonds is 6. The van der Waals surface area contributed by atoms with Crippen LogP contribution in [0.2, 0.25) is 0 Å². The van der Waals surface area contributed by atoms with Gasteiger partial charge in [0.1, 0.15) is 23.7 Å². The summed E-state index contributed by atoms with van der Waals surface area (Å²) < 4.78 is 12.6. The molecule has 10 nitrogen and oxygen atoms in total. The second-order valence-electron chi connectivity index (χ2n) is 12.5. The van der Waals surface area contributed by atoms with Crippen LogP contribution in [-0.4, -0.2) is 77.7 Å². The molecule has 2 N–H and O–H groups in total. The molecule has 3 amide bonds. The summed E-state index contributed by atoms with van der Waals surface area (Å²) in [5.74, 6) is -3.39. The van der Waals surface area contributed by atoms with Gasteiger partial charge in [0, 0.05) is 31.8 Å². The monoisotopic (exact) mass is 627 g/mol. The van der Waals surface area contributed by atoms with Crippen molar-refractivity contribution in [3.8, 4) is 0 Å². The van der Waals surface area contributed by atoms with Crippen LogP contribution in [0.3, 0.4) is 0 Å². The van der Waals surface area contributed by atoms with Gasteiger partial charge in [0.2, 0.25) is 11.8 Å². The van der Waals surface area contributed by atoms with Gasteiger partial charge >= 0.3 is 5.97 Å². The number of esters is 1. The summed E-state index contributed by atoms with van der Waals surface area (Å²) in [7, 11) is 0. The number of aryl methyl sites for hydroxylation is 2. The van der Waals surface area contributed by atoms with Crippen LogP contribution in [0.4, 0.5) is 5.69 Å². The molecule has 0 radical (unpaired) electrons. The van der Waals surface area contributed by atoms with E-state index in [2.05, 4.69) is 5.32 Å². The number of para-hydroxylation sites is 1. The van der Waals surface area contributed by atoms with E-state index in [0.717, 1.165) is 16.8 Å². The number of cyclic esters (lactones) is 1. The van der Waals surface area contributed by atoms with Crippen molar-refractivity contribution in [2.24, 2.45) is 11.8 Å². The van der Waals surface area contributed by atoms with Crippen LogP contribution < -0.4 is 10.2 Å². The number of amides is 3. The van der Waals surface area contributed by atoms with Gasteiger partial charge < -0.3 is 29.7 Å². The van der Waals surface area contributed by atoms with Gasteiger partial charge in [-0.15, -0.1) is 0 Å². The summed E-state index contributed by atoms with van der Waals surface area (Å²) in [5, 5.41) is 12.4. The average Bonchev–Trinajstić information content (AvgIpc) is 3.69. The number of hydrogen-bond acceptors (Lipinski definition) is 7. The van der Waals surface area contributed by atoms with Crippen molar-refractivity contribution in [1.29, 1.82) is 0 Å². The minimum Gasteiger partial charge on any atom is -0.455 e. The molecule has 0 saturated carbocycles. The number of benzene rings is 2. The summed E-state index contributed by atoms with van der Waals surface area (Å²) in [5.41, 5.74) is 1.90. The van der Waals surface area contributed by atoms with Crippen molar-refractivity contribution in [3.63, 3.8) is 0 Å². The number of nitrogens with one attached hydrogen (secondary N) is 1. The summed E-state index contributed by atoms with van der Waals surface area (Å²) in [6.07, 6.45) is 7.42. The third kappa shape index (κ3) is 5.64. The molecule has 2 fully saturated rings. The van der Waals surface area contributed by atoms with Gasteiger partial charge in [-0.1, -0.05) is 72.8 Å². The predicted molar refractivity (Wildman–Crippen MR) is 170 cm³/mol. The average molecular weight is 628 g/mol. The normalized spacial score (nSPS) is 30.4. The Labute approximate surface area is 269 Å². The predicted octanol–water partition coefficient (Wildman–Crippen LogP) is 3.31. The summed E-state index contributed by atoms with van der Waals surface area (Å²) in [6.45, 7) is 4.37. The van der Waals surface area contributed by atoms with Gasteiger partial charge in [-0.05, 0) is 49.8 Å². The maximum Gasteiger partial charge on any atom is 0.313 e. The van der Waals surface area contributed by atoms with Crippen molar-refractivity contribution < 1.29 is 33.8 Å². The Kier molecular flexibility index (Phi) is 9.11. The van der Waals surface area contributed by atoms with Gasteiger partial charge in [0.05, 0.1) is 18.6 Å². The number of hydrogen-bond donors (Lipinski definition) is 2. The van der Waals surface area contributed by atoms with Crippen LogP contribution in [0.5, 0.6) is 0 Å². The Morgan fingerprint density at radius 3 is 2.46 bits per heavy atom. The Morgan fingerprint density at radius 2 is 1.72 bits per heavy atom. The Hall–Kier alpha value is -4.28. The summed E-state index contributed by atoms with van der Waals surface area (Å²) in [6, 6.07) is 14.0. The summed E-state index contributed by atoms with van der Waals surface area (Å²) in [4.78, 5) is 59.4. The standard InChI is InChI=1S/C36H41N3O7/c1-23-12-11-13-24(2)31(23)38-19-8-4-7-16-28(41)37-22-27(25-14-5-3-6-15-25)45-35(44)29-26-17-18-36(46-26)30(29)33(42)39(20-9-10-21-40)32(36)34(38)43/h3-6,8,11-15,17-18,26-27,29-30,32,40H,7,9-10,16,19-22H2,1-2H3,(H,37,41)/b8-4-/t26-,27-,29+,30+,32-,36+/m0/s1. The highest BCUT2D eigenvalue weighted by molar-refractivity contribution is 6.06. The van der Waals surface area contributed by atoms with E-state index < -0.39 is 41.7 Å². The largest absolute Gasteiger partial charge is 0.455 e. The van der Waals surface area contributed by atoms with Crippen LogP contribution in [0.1, 0.15) is 48.5 Å². The molecule has 6 atom stereocenters. The van der Waals surface area contributed by atoms with Gasteiger partial charge in [0.15, 0.2) is 0 Å². The van der Waals surface area contributed by atoms with Crippen molar-refractivity contribution in [2.75, 3.05) is 31.1 Å². The zero-order valence-electron chi connectivity index (χ0n) is 26.3. The van der Waals surface area contributed by atoms with Crippen LogP contribution in [0, 0.1) is 25.7 Å². The molecule has 2 aromatic carbocycles. The molecule has 6 rings (SSSR count). The molecule has 0 aliphatic carbocycles. The first-order chi connectivity index (χ1) is 22.3. The lowest BCUT2D eigenvalue weighted by molar-refractivity contribution is -0.159. The third-order valence-corrected chi connectivity index (χ3v) is 9.57. The number of likely N-dealkylation sites (tertiary alicyclic amines) is 1. The second-order valence-corrected chi connectivity index (χ2v) is 12.5. The molecule has 5 bridgehead atoms. The van der Waals surface area contributed by atoms with Crippen molar-refractivity contribution in [2.45, 2.75) is 63.4 Å². The molecule has 4 aliphatic rings. The molecule has 2 aromatic rings. The third-order valence-electron chi connectivity index (χ3n) is 9.57. The number of fused-ring (bicyclic) bond motifs is 2. The minimum atomic E-state index is -1.36. The number of unbranched alkanes of at least 4 members (excludes halogenated alkanes) is 1. The molecule has 242 valence electrons. The van der Waals surface area contributed by atoms with Crippen molar-refractivity contribution in [1.82, 2.24) is 10.2 Å². The molecule has 46 heavy (non-hydrogen) atoms. The van der Waals surface area contributed by atoms with E-state index in [1.54, 1.807) is 22.0 Å². The molecule has 1 spiro atoms. The Morgan fingerprint density at radius 1 is 0.957 bits per heavy atom. The van der Waals surface area contributed by atoms with Crippen LogP contribution in [-0.2, 0) is 28.7 Å². The zero-order chi connectivity index (χ0) is 32.4. The fourth-order valence-electron chi connectivity index (χ4n) is 7.44. The quantitative estimate of drug-likeness (QED) is 0.286. The maximum absolute atomic E-state index is 14.9. The van der Waals surface area contributed by atoms with E-state index in [1.165, 1.54) is 0 Å². The highest BCUT2D eigenvalue weighted by Crippen LogP contribution is 2.56. The second kappa shape index (κ2) is 13.2. The summed E-state index contributed by atoms with van der Waals surface area (Å²) >= 11 is 0. The van der Waals surface area contributed by atoms with Gasteiger partial charge in [-0.25, -0.2) is 0 Å². The smallest absolute Gasteiger partial charge is 0.313 e. The molecule has 2 saturated heterocycles. The zero-order valence-corrected chi connectivity index (χ0v) is 26.3. The highest BCUT2D eigenvalue weighted by Gasteiger charge is 2.73. The first-order valence-electron chi connectivity index (χ1n) is 16.1. The van der Waals surface area contributed by atoms with Crippen molar-refractivity contribution >= 4 is 29.4 Å². The van der Waals surface area contributed by atoms with Crippen LogP contribution in [0.15, 0.2) is 72.8 Å². The fourth-order valence-corrected chi connectivity index (χ4v) is 7.44.